The quantitative estimate of drug-likeness (QED) is 0.792. The molecule has 1 aliphatic rings. The molecule has 20 heavy (non-hydrogen) atoms. The molecule has 3 rings (SSSR count). The Morgan fingerprint density at radius 1 is 1.30 bits per heavy atom. The van der Waals surface area contributed by atoms with Crippen molar-refractivity contribution >= 4 is 11.9 Å². The van der Waals surface area contributed by atoms with Gasteiger partial charge in [0.2, 0.25) is 0 Å². The fourth-order valence-electron chi connectivity index (χ4n) is 2.50. The molecule has 3 heteroatoms. The summed E-state index contributed by atoms with van der Waals surface area (Å²) in [7, 11) is 0. The summed E-state index contributed by atoms with van der Waals surface area (Å²) < 4.78 is 12.9. The highest BCUT2D eigenvalue weighted by Crippen LogP contribution is 2.32. The second-order valence-corrected chi connectivity index (χ2v) is 5.05. The summed E-state index contributed by atoms with van der Waals surface area (Å²) in [5.74, 6) is -0.00367. The first kappa shape index (κ1) is 12.7. The highest BCUT2D eigenvalue weighted by Gasteiger charge is 2.19. The Balaban J connectivity index is 1.84. The van der Waals surface area contributed by atoms with E-state index in [4.69, 9.17) is 0 Å². The highest BCUT2D eigenvalue weighted by molar-refractivity contribution is 5.92. The second kappa shape index (κ2) is 5.00. The van der Waals surface area contributed by atoms with E-state index in [1.54, 1.807) is 18.3 Å². The number of Topliss-reactive ketones (excluding diaryl/α,β-unsaturated/α-hetero) is 1. The topological polar surface area (TPSA) is 30.0 Å². The van der Waals surface area contributed by atoms with Gasteiger partial charge in [-0.15, -0.1) is 0 Å². The number of nitrogens with zero attached hydrogens (tertiary/aromatic N) is 1. The van der Waals surface area contributed by atoms with Gasteiger partial charge in [0.25, 0.3) is 0 Å². The van der Waals surface area contributed by atoms with Gasteiger partial charge >= 0.3 is 0 Å². The molecule has 0 bridgehead atoms. The van der Waals surface area contributed by atoms with Gasteiger partial charge in [0.1, 0.15) is 11.5 Å². The van der Waals surface area contributed by atoms with Crippen molar-refractivity contribution in [2.75, 3.05) is 0 Å². The Bertz CT molecular complexity index is 689. The molecule has 0 spiro atoms. The number of hydrogen-bond donors (Lipinski definition) is 0. The minimum atomic E-state index is -0.219. The third kappa shape index (κ3) is 2.39. The third-order valence-corrected chi connectivity index (χ3v) is 3.61. The monoisotopic (exact) mass is 267 g/mol. The van der Waals surface area contributed by atoms with E-state index in [-0.39, 0.29) is 17.5 Å². The van der Waals surface area contributed by atoms with Gasteiger partial charge < -0.3 is 0 Å². The van der Waals surface area contributed by atoms with Crippen molar-refractivity contribution in [2.45, 2.75) is 19.3 Å². The SMILES string of the molecule is CC(=O)c1cc2c(cn1)C(Cc1ccc(F)cc1)C=C2. The maximum Gasteiger partial charge on any atom is 0.178 e. The summed E-state index contributed by atoms with van der Waals surface area (Å²) in [5, 5.41) is 0. The van der Waals surface area contributed by atoms with Crippen LogP contribution in [0.1, 0.15) is 40.0 Å². The van der Waals surface area contributed by atoms with E-state index in [1.165, 1.54) is 19.1 Å². The first-order valence-corrected chi connectivity index (χ1v) is 6.57. The molecule has 0 N–H and O–H groups in total. The number of pyridine rings is 1. The van der Waals surface area contributed by atoms with Crippen molar-refractivity contribution in [3.8, 4) is 0 Å². The molecule has 2 nitrogen and oxygen atoms in total. The van der Waals surface area contributed by atoms with E-state index in [1.807, 2.05) is 12.1 Å². The van der Waals surface area contributed by atoms with E-state index in [0.717, 1.165) is 23.1 Å². The van der Waals surface area contributed by atoms with Crippen LogP contribution in [0.2, 0.25) is 0 Å². The first-order chi connectivity index (χ1) is 9.63. The average Bonchev–Trinajstić information content (AvgIpc) is 2.84. The maximum absolute atomic E-state index is 12.9. The molecule has 2 aromatic rings. The maximum atomic E-state index is 12.9. The van der Waals surface area contributed by atoms with Crippen LogP contribution in [-0.2, 0) is 6.42 Å². The minimum absolute atomic E-state index is 0.0248. The first-order valence-electron chi connectivity index (χ1n) is 6.57. The van der Waals surface area contributed by atoms with Gasteiger partial charge in [0.15, 0.2) is 5.78 Å². The molecule has 0 fully saturated rings. The normalized spacial score (nSPS) is 16.2. The van der Waals surface area contributed by atoms with Crippen LogP contribution in [0.5, 0.6) is 0 Å². The van der Waals surface area contributed by atoms with Crippen LogP contribution in [0.4, 0.5) is 4.39 Å². The zero-order valence-electron chi connectivity index (χ0n) is 11.1. The number of halogens is 1. The van der Waals surface area contributed by atoms with Gasteiger partial charge in [0, 0.05) is 19.0 Å². The fraction of sp³-hybridized carbons (Fsp3) is 0.176. The van der Waals surface area contributed by atoms with Crippen molar-refractivity contribution in [3.63, 3.8) is 0 Å². The molecule has 0 saturated carbocycles. The second-order valence-electron chi connectivity index (χ2n) is 5.05. The summed E-state index contributed by atoms with van der Waals surface area (Å²) in [6.07, 6.45) is 6.72. The van der Waals surface area contributed by atoms with Crippen molar-refractivity contribution in [1.29, 1.82) is 0 Å². The number of fused-ring (bicyclic) bond motifs is 1. The molecule has 1 atom stereocenters. The Morgan fingerprint density at radius 3 is 2.75 bits per heavy atom. The predicted octanol–water partition coefficient (Wildman–Crippen LogP) is 3.78. The molecule has 100 valence electrons. The number of rotatable bonds is 3. The van der Waals surface area contributed by atoms with Crippen molar-refractivity contribution < 1.29 is 9.18 Å². The smallest absolute Gasteiger partial charge is 0.178 e. The van der Waals surface area contributed by atoms with Crippen LogP contribution in [0, 0.1) is 5.82 Å². The van der Waals surface area contributed by atoms with E-state index in [0.29, 0.717) is 5.69 Å². The molecule has 1 aliphatic carbocycles. The summed E-state index contributed by atoms with van der Waals surface area (Å²) in [6, 6.07) is 8.40. The van der Waals surface area contributed by atoms with Gasteiger partial charge in [-0.3, -0.25) is 9.78 Å². The van der Waals surface area contributed by atoms with E-state index >= 15 is 0 Å². The Labute approximate surface area is 117 Å². The van der Waals surface area contributed by atoms with E-state index in [2.05, 4.69) is 11.1 Å². The molecule has 1 aromatic heterocycles. The Hall–Kier alpha value is -2.29. The lowest BCUT2D eigenvalue weighted by atomic mass is 9.94. The number of allylic oxidation sites excluding steroid dienone is 1. The van der Waals surface area contributed by atoms with Crippen LogP contribution in [0.15, 0.2) is 42.6 Å². The minimum Gasteiger partial charge on any atom is -0.293 e. The lowest BCUT2D eigenvalue weighted by Crippen LogP contribution is -2.02. The van der Waals surface area contributed by atoms with Crippen LogP contribution in [0.3, 0.4) is 0 Å². The lowest BCUT2D eigenvalue weighted by Gasteiger charge is -2.11. The zero-order valence-corrected chi connectivity index (χ0v) is 11.1. The van der Waals surface area contributed by atoms with Gasteiger partial charge in [0.05, 0.1) is 0 Å². The third-order valence-electron chi connectivity index (χ3n) is 3.61. The molecular weight excluding hydrogens is 253 g/mol. The number of hydrogen-bond acceptors (Lipinski definition) is 2. The standard InChI is InChI=1S/C17H14FNO/c1-11(20)17-9-14-5-4-13(16(14)10-19-17)8-12-2-6-15(18)7-3-12/h2-7,9-10,13H,8H2,1H3. The van der Waals surface area contributed by atoms with Gasteiger partial charge in [-0.1, -0.05) is 24.3 Å². The molecule has 0 radical (unpaired) electrons. The molecule has 0 saturated heterocycles. The average molecular weight is 267 g/mol. The van der Waals surface area contributed by atoms with Gasteiger partial charge in [-0.25, -0.2) is 4.39 Å². The van der Waals surface area contributed by atoms with E-state index < -0.39 is 0 Å². The summed E-state index contributed by atoms with van der Waals surface area (Å²) in [6.45, 7) is 1.52. The van der Waals surface area contributed by atoms with Gasteiger partial charge in [-0.05, 0) is 41.3 Å². The Morgan fingerprint density at radius 2 is 2.05 bits per heavy atom. The van der Waals surface area contributed by atoms with Crippen LogP contribution in [-0.4, -0.2) is 10.8 Å². The fourth-order valence-corrected chi connectivity index (χ4v) is 2.50. The predicted molar refractivity (Wildman–Crippen MR) is 76.1 cm³/mol. The highest BCUT2D eigenvalue weighted by atomic mass is 19.1. The molecular formula is C17H14FNO. The molecule has 0 amide bonds. The van der Waals surface area contributed by atoms with Crippen LogP contribution >= 0.6 is 0 Å². The largest absolute Gasteiger partial charge is 0.293 e. The summed E-state index contributed by atoms with van der Waals surface area (Å²) in [4.78, 5) is 15.5. The molecule has 1 heterocycles. The number of ketones is 1. The van der Waals surface area contributed by atoms with Crippen LogP contribution < -0.4 is 0 Å². The van der Waals surface area contributed by atoms with E-state index in [9.17, 15) is 9.18 Å². The van der Waals surface area contributed by atoms with Crippen molar-refractivity contribution in [1.82, 2.24) is 4.98 Å². The lowest BCUT2D eigenvalue weighted by molar-refractivity contribution is 0.101. The number of carbonyl (C=O) groups is 1. The molecule has 1 unspecified atom stereocenters. The number of carbonyl (C=O) groups excluding carboxylic acids is 1. The Kier molecular flexibility index (Phi) is 3.18. The summed E-state index contributed by atoms with van der Waals surface area (Å²) >= 11 is 0. The van der Waals surface area contributed by atoms with Crippen molar-refractivity contribution in [3.05, 3.63) is 70.8 Å². The molecule has 1 aromatic carbocycles. The number of aromatic nitrogens is 1. The zero-order chi connectivity index (χ0) is 14.1. The number of benzene rings is 1. The summed E-state index contributed by atoms with van der Waals surface area (Å²) in [5.41, 5.74) is 3.76. The van der Waals surface area contributed by atoms with Crippen LogP contribution in [0.25, 0.3) is 6.08 Å². The molecule has 0 aliphatic heterocycles. The van der Waals surface area contributed by atoms with Gasteiger partial charge in [-0.2, -0.15) is 0 Å². The van der Waals surface area contributed by atoms with Crippen molar-refractivity contribution in [2.24, 2.45) is 0 Å².